The Balaban J connectivity index is 1.23. The van der Waals surface area contributed by atoms with Crippen molar-refractivity contribution in [2.75, 3.05) is 13.1 Å². The minimum atomic E-state index is -0.465. The van der Waals surface area contributed by atoms with Crippen LogP contribution in [0, 0.1) is 12.8 Å². The van der Waals surface area contributed by atoms with Crippen molar-refractivity contribution in [3.05, 3.63) is 71.4 Å². The van der Waals surface area contributed by atoms with Crippen LogP contribution >= 0.6 is 0 Å². The second-order valence-electron chi connectivity index (χ2n) is 10.1. The molecule has 2 heterocycles. The Labute approximate surface area is 217 Å². The standard InChI is InChI=1S/C29H34N4O4/c1-19-16-21(24-8-4-5-9-26(24)30-19)18-37-23-12-10-20(11-13-23)28(34)31-27-17-33(22-6-2-3-7-22)15-14-25(27)29(35)32-36/h4-5,8-13,16,22,25,27,36H,2-3,6-7,14-15,17-18H2,1H3,(H,31,34)(H,32,35)/t25-,27+/m0/s1. The molecule has 0 radical (unpaired) electrons. The molecule has 2 aliphatic rings. The molecule has 8 heteroatoms. The molecule has 194 valence electrons. The van der Waals surface area contributed by atoms with Gasteiger partial charge in [0.1, 0.15) is 12.4 Å². The van der Waals surface area contributed by atoms with Crippen LogP contribution in [0.3, 0.4) is 0 Å². The van der Waals surface area contributed by atoms with E-state index in [1.54, 1.807) is 29.7 Å². The van der Waals surface area contributed by atoms with Gasteiger partial charge in [-0.15, -0.1) is 0 Å². The van der Waals surface area contributed by atoms with Crippen LogP contribution in [0.4, 0.5) is 0 Å². The number of aromatic nitrogens is 1. The zero-order valence-corrected chi connectivity index (χ0v) is 21.2. The number of fused-ring (bicyclic) bond motifs is 1. The first kappa shape index (κ1) is 25.2. The average Bonchev–Trinajstić information content (AvgIpc) is 3.46. The number of hydrogen-bond donors (Lipinski definition) is 3. The smallest absolute Gasteiger partial charge is 0.251 e. The Morgan fingerprint density at radius 2 is 1.84 bits per heavy atom. The van der Waals surface area contributed by atoms with Gasteiger partial charge in [0.25, 0.3) is 5.91 Å². The molecule has 0 spiro atoms. The highest BCUT2D eigenvalue weighted by atomic mass is 16.5. The molecule has 0 unspecified atom stereocenters. The van der Waals surface area contributed by atoms with Gasteiger partial charge in [-0.05, 0) is 69.1 Å². The fourth-order valence-corrected chi connectivity index (χ4v) is 5.75. The number of rotatable bonds is 7. The van der Waals surface area contributed by atoms with Crippen molar-refractivity contribution in [2.45, 2.75) is 57.7 Å². The Morgan fingerprint density at radius 3 is 2.59 bits per heavy atom. The maximum Gasteiger partial charge on any atom is 0.251 e. The average molecular weight is 503 g/mol. The first-order valence-corrected chi connectivity index (χ1v) is 13.1. The van der Waals surface area contributed by atoms with Gasteiger partial charge < -0.3 is 10.1 Å². The number of pyridine rings is 1. The number of amides is 2. The summed E-state index contributed by atoms with van der Waals surface area (Å²) in [6.45, 7) is 3.77. The topological polar surface area (TPSA) is 104 Å². The van der Waals surface area contributed by atoms with Gasteiger partial charge in [-0.3, -0.25) is 24.7 Å². The van der Waals surface area contributed by atoms with E-state index in [2.05, 4.69) is 15.2 Å². The fraction of sp³-hybridized carbons (Fsp3) is 0.414. The second-order valence-corrected chi connectivity index (χ2v) is 10.1. The monoisotopic (exact) mass is 502 g/mol. The molecule has 8 nitrogen and oxygen atoms in total. The van der Waals surface area contributed by atoms with E-state index < -0.39 is 11.8 Å². The zero-order valence-electron chi connectivity index (χ0n) is 21.2. The molecule has 1 aliphatic carbocycles. The van der Waals surface area contributed by atoms with Gasteiger partial charge in [0, 0.05) is 34.8 Å². The van der Waals surface area contributed by atoms with Crippen molar-refractivity contribution in [1.82, 2.24) is 20.7 Å². The Hall–Kier alpha value is -3.49. The third-order valence-corrected chi connectivity index (χ3v) is 7.69. The van der Waals surface area contributed by atoms with Gasteiger partial charge in [-0.25, -0.2) is 5.48 Å². The molecule has 1 saturated carbocycles. The van der Waals surface area contributed by atoms with E-state index in [-0.39, 0.29) is 11.9 Å². The summed E-state index contributed by atoms with van der Waals surface area (Å²) in [4.78, 5) is 32.4. The number of likely N-dealkylation sites (tertiary alicyclic amines) is 1. The highest BCUT2D eigenvalue weighted by Gasteiger charge is 2.37. The number of nitrogens with zero attached hydrogens (tertiary/aromatic N) is 2. The Bertz CT molecular complexity index is 1260. The lowest BCUT2D eigenvalue weighted by Gasteiger charge is -2.40. The number of benzene rings is 2. The number of ether oxygens (including phenoxy) is 1. The van der Waals surface area contributed by atoms with E-state index in [9.17, 15) is 14.8 Å². The SMILES string of the molecule is Cc1cc(COc2ccc(C(=O)N[C@@H]3CN(C4CCCC4)CC[C@@H]3C(=O)NO)cc2)c2ccccc2n1. The van der Waals surface area contributed by atoms with Gasteiger partial charge in [0.2, 0.25) is 5.91 Å². The molecule has 0 bridgehead atoms. The van der Waals surface area contributed by atoms with E-state index in [0.29, 0.717) is 36.9 Å². The molecule has 2 fully saturated rings. The zero-order chi connectivity index (χ0) is 25.8. The fourth-order valence-electron chi connectivity index (χ4n) is 5.75. The van der Waals surface area contributed by atoms with Crippen LogP contribution < -0.4 is 15.5 Å². The number of para-hydroxylation sites is 1. The van der Waals surface area contributed by atoms with Gasteiger partial charge >= 0.3 is 0 Å². The number of aryl methyl sites for hydroxylation is 1. The van der Waals surface area contributed by atoms with Crippen LogP contribution in [0.5, 0.6) is 5.75 Å². The Morgan fingerprint density at radius 1 is 1.08 bits per heavy atom. The van der Waals surface area contributed by atoms with Crippen LogP contribution in [-0.2, 0) is 11.4 Å². The predicted molar refractivity (Wildman–Crippen MR) is 140 cm³/mol. The van der Waals surface area contributed by atoms with E-state index in [4.69, 9.17) is 4.74 Å². The number of carbonyl (C=O) groups excluding carboxylic acids is 2. The molecular formula is C29H34N4O4. The minimum Gasteiger partial charge on any atom is -0.489 e. The van der Waals surface area contributed by atoms with Crippen LogP contribution in [0.1, 0.15) is 53.7 Å². The highest BCUT2D eigenvalue weighted by molar-refractivity contribution is 5.95. The van der Waals surface area contributed by atoms with Crippen LogP contribution in [0.2, 0.25) is 0 Å². The summed E-state index contributed by atoms with van der Waals surface area (Å²) in [6.07, 6.45) is 5.37. The number of hydroxylamine groups is 1. The van der Waals surface area contributed by atoms with Crippen LogP contribution in [-0.4, -0.2) is 52.1 Å². The molecule has 2 amide bonds. The maximum absolute atomic E-state index is 13.1. The van der Waals surface area contributed by atoms with Crippen molar-refractivity contribution >= 4 is 22.7 Å². The Kier molecular flexibility index (Phi) is 7.67. The van der Waals surface area contributed by atoms with Gasteiger partial charge in [-0.2, -0.15) is 0 Å². The summed E-state index contributed by atoms with van der Waals surface area (Å²) in [5.41, 5.74) is 5.22. The summed E-state index contributed by atoms with van der Waals surface area (Å²) in [5.74, 6) is -0.485. The molecule has 3 N–H and O–H groups in total. The molecule has 5 rings (SSSR count). The predicted octanol–water partition coefficient (Wildman–Crippen LogP) is 3.99. The molecule has 3 aromatic rings. The first-order chi connectivity index (χ1) is 18.0. The quantitative estimate of drug-likeness (QED) is 0.333. The molecule has 2 atom stereocenters. The number of piperidine rings is 1. The van der Waals surface area contributed by atoms with E-state index >= 15 is 0 Å². The molecule has 1 saturated heterocycles. The number of hydrogen-bond acceptors (Lipinski definition) is 6. The lowest BCUT2D eigenvalue weighted by molar-refractivity contribution is -0.136. The maximum atomic E-state index is 13.1. The van der Waals surface area contributed by atoms with Crippen molar-refractivity contribution in [3.8, 4) is 5.75 Å². The molecule has 2 aromatic carbocycles. The van der Waals surface area contributed by atoms with Crippen LogP contribution in [0.25, 0.3) is 10.9 Å². The lowest BCUT2D eigenvalue weighted by atomic mass is 9.89. The van der Waals surface area contributed by atoms with Crippen molar-refractivity contribution < 1.29 is 19.5 Å². The summed E-state index contributed by atoms with van der Waals surface area (Å²) in [6, 6.07) is 17.2. The molecule has 37 heavy (non-hydrogen) atoms. The second kappa shape index (κ2) is 11.3. The summed E-state index contributed by atoms with van der Waals surface area (Å²) < 4.78 is 6.03. The molecule has 1 aromatic heterocycles. The summed E-state index contributed by atoms with van der Waals surface area (Å²) >= 11 is 0. The first-order valence-electron chi connectivity index (χ1n) is 13.1. The van der Waals surface area contributed by atoms with Crippen molar-refractivity contribution in [3.63, 3.8) is 0 Å². The van der Waals surface area contributed by atoms with Gasteiger partial charge in [-0.1, -0.05) is 31.0 Å². The summed E-state index contributed by atoms with van der Waals surface area (Å²) in [5, 5.41) is 13.3. The third-order valence-electron chi connectivity index (χ3n) is 7.69. The number of carbonyl (C=O) groups is 2. The van der Waals surface area contributed by atoms with Gasteiger partial charge in [0.05, 0.1) is 17.5 Å². The lowest BCUT2D eigenvalue weighted by Crippen LogP contribution is -2.57. The normalized spacial score (nSPS) is 20.6. The number of nitrogens with one attached hydrogen (secondary N) is 2. The van der Waals surface area contributed by atoms with E-state index in [1.807, 2.05) is 37.3 Å². The molecular weight excluding hydrogens is 468 g/mol. The van der Waals surface area contributed by atoms with Gasteiger partial charge in [0.15, 0.2) is 0 Å². The van der Waals surface area contributed by atoms with Crippen molar-refractivity contribution in [1.29, 1.82) is 0 Å². The van der Waals surface area contributed by atoms with E-state index in [0.717, 1.165) is 41.5 Å². The van der Waals surface area contributed by atoms with Crippen LogP contribution in [0.15, 0.2) is 54.6 Å². The van der Waals surface area contributed by atoms with E-state index in [1.165, 1.54) is 12.8 Å². The van der Waals surface area contributed by atoms with Crippen molar-refractivity contribution in [2.24, 2.45) is 5.92 Å². The minimum absolute atomic E-state index is 0.240. The third kappa shape index (κ3) is 5.76. The molecule has 1 aliphatic heterocycles. The summed E-state index contributed by atoms with van der Waals surface area (Å²) in [7, 11) is 0. The highest BCUT2D eigenvalue weighted by Crippen LogP contribution is 2.28. The largest absolute Gasteiger partial charge is 0.489 e.